The monoisotopic (exact) mass is 375 g/mol. The predicted molar refractivity (Wildman–Crippen MR) is 104 cm³/mol. The molecule has 0 saturated heterocycles. The maximum Gasteiger partial charge on any atom is 0.220 e. The Bertz CT molecular complexity index is 578. The summed E-state index contributed by atoms with van der Waals surface area (Å²) in [4.78, 5) is 13.0. The van der Waals surface area contributed by atoms with Crippen molar-refractivity contribution < 1.29 is 4.79 Å². The van der Waals surface area contributed by atoms with Gasteiger partial charge in [-0.05, 0) is 117 Å². The van der Waals surface area contributed by atoms with E-state index in [0.29, 0.717) is 16.7 Å². The van der Waals surface area contributed by atoms with E-state index in [1.807, 2.05) is 0 Å². The third kappa shape index (κ3) is 2.68. The van der Waals surface area contributed by atoms with Crippen LogP contribution in [0, 0.1) is 40.4 Å². The molecule has 8 fully saturated rings. The first-order valence-corrected chi connectivity index (χ1v) is 11.7. The van der Waals surface area contributed by atoms with Gasteiger partial charge in [0.15, 0.2) is 0 Å². The number of hydrogen-bond donors (Lipinski definition) is 1. The quantitative estimate of drug-likeness (QED) is 0.665. The highest BCUT2D eigenvalue weighted by molar-refractivity contribution is 6.24. The Kier molecular flexibility index (Phi) is 3.48. The number of nitrogens with one attached hydrogen (secondary N) is 1. The molecule has 144 valence electrons. The number of rotatable bonds is 4. The lowest BCUT2D eigenvalue weighted by atomic mass is 9.48. The lowest BCUT2D eigenvalue weighted by molar-refractivity contribution is -0.131. The first-order chi connectivity index (χ1) is 12.4. The number of carbonyl (C=O) groups excluding carboxylic acids is 1. The standard InChI is InChI=1S/C23H34ClNO/c24-23-10-18-4-19(11-23)9-22(8-18,13-23)14-25-20(26)12-21-5-15-1-16(6-21)3-17(2-15)7-21/h15-19H,1-14H2,(H,25,26)/t15?,16?,17?,18-,19+,21?,22?,23?. The molecule has 0 spiro atoms. The van der Waals surface area contributed by atoms with Crippen molar-refractivity contribution in [2.24, 2.45) is 40.4 Å². The van der Waals surface area contributed by atoms with Crippen LogP contribution in [0.25, 0.3) is 0 Å². The molecule has 8 bridgehead atoms. The van der Waals surface area contributed by atoms with Gasteiger partial charge in [0, 0.05) is 17.8 Å². The van der Waals surface area contributed by atoms with Crippen molar-refractivity contribution in [1.29, 1.82) is 0 Å². The van der Waals surface area contributed by atoms with Crippen LogP contribution in [-0.4, -0.2) is 17.3 Å². The molecule has 2 nitrogen and oxygen atoms in total. The fourth-order valence-electron chi connectivity index (χ4n) is 9.74. The van der Waals surface area contributed by atoms with Gasteiger partial charge < -0.3 is 5.32 Å². The van der Waals surface area contributed by atoms with Crippen LogP contribution in [0.4, 0.5) is 0 Å². The van der Waals surface area contributed by atoms with Crippen molar-refractivity contribution in [2.45, 2.75) is 88.3 Å². The summed E-state index contributed by atoms with van der Waals surface area (Å²) >= 11 is 6.97. The zero-order valence-corrected chi connectivity index (χ0v) is 16.8. The summed E-state index contributed by atoms with van der Waals surface area (Å²) in [6.07, 6.45) is 16.9. The Labute approximate surface area is 163 Å². The third-order valence-electron chi connectivity index (χ3n) is 9.47. The van der Waals surface area contributed by atoms with Crippen LogP contribution in [0.3, 0.4) is 0 Å². The Morgan fingerprint density at radius 3 is 1.81 bits per heavy atom. The highest BCUT2D eigenvalue weighted by atomic mass is 35.5. The van der Waals surface area contributed by atoms with Gasteiger partial charge in [-0.2, -0.15) is 0 Å². The van der Waals surface area contributed by atoms with Crippen LogP contribution in [0.5, 0.6) is 0 Å². The Morgan fingerprint density at radius 2 is 1.27 bits per heavy atom. The SMILES string of the molecule is O=C(CC12CC3CC(CC(C3)C1)C2)NCC12C[C@@H]3C[C@@H](CC(Cl)(C3)C1)C2. The van der Waals surface area contributed by atoms with Crippen LogP contribution < -0.4 is 5.32 Å². The summed E-state index contributed by atoms with van der Waals surface area (Å²) in [5.74, 6) is 4.82. The molecule has 2 unspecified atom stereocenters. The smallest absolute Gasteiger partial charge is 0.220 e. The molecule has 3 heteroatoms. The van der Waals surface area contributed by atoms with E-state index >= 15 is 0 Å². The fourth-order valence-corrected chi connectivity index (χ4v) is 10.5. The van der Waals surface area contributed by atoms with Gasteiger partial charge in [0.2, 0.25) is 5.91 Å². The molecule has 8 aliphatic carbocycles. The number of alkyl halides is 1. The molecule has 0 aromatic heterocycles. The van der Waals surface area contributed by atoms with E-state index in [-0.39, 0.29) is 4.87 Å². The van der Waals surface area contributed by atoms with Gasteiger partial charge in [-0.25, -0.2) is 0 Å². The summed E-state index contributed by atoms with van der Waals surface area (Å²) in [5, 5.41) is 3.43. The maximum atomic E-state index is 13.0. The second kappa shape index (κ2) is 5.43. The van der Waals surface area contributed by atoms with Gasteiger partial charge in [-0.15, -0.1) is 11.6 Å². The lowest BCUT2D eigenvalue weighted by Gasteiger charge is -2.60. The summed E-state index contributed by atoms with van der Waals surface area (Å²) in [7, 11) is 0. The van der Waals surface area contributed by atoms with Crippen molar-refractivity contribution in [3.05, 3.63) is 0 Å². The zero-order valence-electron chi connectivity index (χ0n) is 16.1. The van der Waals surface area contributed by atoms with Crippen LogP contribution >= 0.6 is 11.6 Å². The highest BCUT2D eigenvalue weighted by Crippen LogP contribution is 2.64. The van der Waals surface area contributed by atoms with E-state index in [2.05, 4.69) is 5.32 Å². The summed E-state index contributed by atoms with van der Waals surface area (Å²) in [6, 6.07) is 0. The van der Waals surface area contributed by atoms with Crippen LogP contribution in [0.2, 0.25) is 0 Å². The molecule has 4 atom stereocenters. The Hall–Kier alpha value is -0.240. The van der Waals surface area contributed by atoms with Gasteiger partial charge in [0.1, 0.15) is 0 Å². The summed E-state index contributed by atoms with van der Waals surface area (Å²) in [6.45, 7) is 0.902. The number of amides is 1. The normalized spacial score (nSPS) is 56.1. The first-order valence-electron chi connectivity index (χ1n) is 11.4. The molecule has 0 aliphatic heterocycles. The predicted octanol–water partition coefficient (Wildman–Crippen LogP) is 5.29. The van der Waals surface area contributed by atoms with E-state index in [1.54, 1.807) is 0 Å². The van der Waals surface area contributed by atoms with Crippen molar-refractivity contribution in [3.63, 3.8) is 0 Å². The first kappa shape index (κ1) is 16.7. The molecule has 8 rings (SSSR count). The minimum atomic E-state index is 0.0642. The maximum absolute atomic E-state index is 13.0. The fraction of sp³-hybridized carbons (Fsp3) is 0.957. The summed E-state index contributed by atoms with van der Waals surface area (Å²) < 4.78 is 0. The zero-order chi connectivity index (χ0) is 17.6. The van der Waals surface area contributed by atoms with Crippen LogP contribution in [0.1, 0.15) is 83.5 Å². The lowest BCUT2D eigenvalue weighted by Crippen LogP contribution is -2.57. The second-order valence-electron chi connectivity index (χ2n) is 12.0. The Balaban J connectivity index is 1.11. The topological polar surface area (TPSA) is 29.1 Å². The van der Waals surface area contributed by atoms with E-state index < -0.39 is 0 Å². The average Bonchev–Trinajstić information content (AvgIpc) is 2.49. The molecule has 1 N–H and O–H groups in total. The van der Waals surface area contributed by atoms with Gasteiger partial charge in [0.25, 0.3) is 0 Å². The van der Waals surface area contributed by atoms with E-state index in [4.69, 9.17) is 11.6 Å². The molecular formula is C23H34ClNO. The highest BCUT2D eigenvalue weighted by Gasteiger charge is 2.57. The average molecular weight is 376 g/mol. The minimum Gasteiger partial charge on any atom is -0.356 e. The van der Waals surface area contributed by atoms with Crippen molar-refractivity contribution >= 4 is 17.5 Å². The Morgan fingerprint density at radius 1 is 0.769 bits per heavy atom. The molecule has 8 aliphatic rings. The number of hydrogen-bond acceptors (Lipinski definition) is 1. The van der Waals surface area contributed by atoms with Crippen LogP contribution in [0.15, 0.2) is 0 Å². The molecule has 0 heterocycles. The molecular weight excluding hydrogens is 342 g/mol. The van der Waals surface area contributed by atoms with Crippen molar-refractivity contribution in [1.82, 2.24) is 5.32 Å². The number of halogens is 1. The number of carbonyl (C=O) groups is 1. The van der Waals surface area contributed by atoms with Crippen LogP contribution in [-0.2, 0) is 4.79 Å². The van der Waals surface area contributed by atoms with Crippen molar-refractivity contribution in [2.75, 3.05) is 6.54 Å². The minimum absolute atomic E-state index is 0.0642. The second-order valence-corrected chi connectivity index (χ2v) is 12.8. The van der Waals surface area contributed by atoms with E-state index in [0.717, 1.165) is 49.0 Å². The van der Waals surface area contributed by atoms with Gasteiger partial charge in [-0.3, -0.25) is 4.79 Å². The van der Waals surface area contributed by atoms with Crippen molar-refractivity contribution in [3.8, 4) is 0 Å². The van der Waals surface area contributed by atoms with Gasteiger partial charge >= 0.3 is 0 Å². The van der Waals surface area contributed by atoms with Gasteiger partial charge in [0.05, 0.1) is 0 Å². The van der Waals surface area contributed by atoms with E-state index in [1.165, 1.54) is 70.6 Å². The molecule has 0 aromatic rings. The summed E-state index contributed by atoms with van der Waals surface area (Å²) in [5.41, 5.74) is 0.691. The molecule has 0 radical (unpaired) electrons. The van der Waals surface area contributed by atoms with E-state index in [9.17, 15) is 4.79 Å². The van der Waals surface area contributed by atoms with Gasteiger partial charge in [-0.1, -0.05) is 0 Å². The molecule has 8 saturated carbocycles. The molecule has 26 heavy (non-hydrogen) atoms. The largest absolute Gasteiger partial charge is 0.356 e. The molecule has 1 amide bonds. The third-order valence-corrected chi connectivity index (χ3v) is 9.91. The molecule has 0 aromatic carbocycles.